The zero-order valence-electron chi connectivity index (χ0n) is 10.6. The lowest BCUT2D eigenvalue weighted by molar-refractivity contribution is 1.10. The van der Waals surface area contributed by atoms with Gasteiger partial charge in [0.1, 0.15) is 5.82 Å². The topological polar surface area (TPSA) is 38.9 Å². The average Bonchev–Trinajstić information content (AvgIpc) is 2.28. The molecule has 0 aliphatic heterocycles. The molecule has 0 unspecified atom stereocenters. The van der Waals surface area contributed by atoms with Crippen LogP contribution in [0.25, 0.3) is 0 Å². The molecule has 17 heavy (non-hydrogen) atoms. The van der Waals surface area contributed by atoms with Crippen molar-refractivity contribution in [1.82, 2.24) is 4.98 Å². The summed E-state index contributed by atoms with van der Waals surface area (Å²) in [4.78, 5) is 4.17. The predicted octanol–water partition coefficient (Wildman–Crippen LogP) is 3.18. The van der Waals surface area contributed by atoms with Crippen molar-refractivity contribution in [3.63, 3.8) is 0 Å². The molecule has 0 spiro atoms. The Morgan fingerprint density at radius 1 is 1.06 bits per heavy atom. The molecule has 88 valence electrons. The summed E-state index contributed by atoms with van der Waals surface area (Å²) in [7, 11) is 0. The lowest BCUT2D eigenvalue weighted by Gasteiger charge is -2.11. The molecule has 1 heterocycles. The summed E-state index contributed by atoms with van der Waals surface area (Å²) in [5.41, 5.74) is 12.2. The van der Waals surface area contributed by atoms with E-state index in [1.807, 2.05) is 6.07 Å². The van der Waals surface area contributed by atoms with E-state index >= 15 is 0 Å². The van der Waals surface area contributed by atoms with Gasteiger partial charge in [0.05, 0.1) is 0 Å². The van der Waals surface area contributed by atoms with E-state index in [1.165, 1.54) is 22.3 Å². The van der Waals surface area contributed by atoms with Gasteiger partial charge in [0, 0.05) is 18.2 Å². The fourth-order valence-electron chi connectivity index (χ4n) is 2.02. The number of anilines is 1. The van der Waals surface area contributed by atoms with Gasteiger partial charge >= 0.3 is 0 Å². The lowest BCUT2D eigenvalue weighted by atomic mass is 9.97. The SMILES string of the molecule is Cc1ccc(C)c(Cc2c(C)ccnc2N)c1. The number of rotatable bonds is 2. The molecular formula is C15H18N2. The van der Waals surface area contributed by atoms with Crippen LogP contribution in [0.4, 0.5) is 5.82 Å². The maximum atomic E-state index is 5.95. The third kappa shape index (κ3) is 2.47. The first-order valence-electron chi connectivity index (χ1n) is 5.84. The third-order valence-corrected chi connectivity index (χ3v) is 3.20. The molecule has 0 bridgehead atoms. The van der Waals surface area contributed by atoms with E-state index < -0.39 is 0 Å². The molecule has 0 saturated carbocycles. The molecule has 0 aliphatic carbocycles. The molecule has 2 rings (SSSR count). The molecule has 0 fully saturated rings. The maximum Gasteiger partial charge on any atom is 0.127 e. The molecule has 0 saturated heterocycles. The van der Waals surface area contributed by atoms with Crippen molar-refractivity contribution in [2.24, 2.45) is 0 Å². The monoisotopic (exact) mass is 226 g/mol. The fourth-order valence-corrected chi connectivity index (χ4v) is 2.02. The normalized spacial score (nSPS) is 10.5. The molecule has 2 heteroatoms. The van der Waals surface area contributed by atoms with Crippen LogP contribution in [0.5, 0.6) is 0 Å². The first-order chi connectivity index (χ1) is 8.08. The van der Waals surface area contributed by atoms with Crippen LogP contribution in [0.2, 0.25) is 0 Å². The van der Waals surface area contributed by atoms with Gasteiger partial charge in [-0.2, -0.15) is 0 Å². The summed E-state index contributed by atoms with van der Waals surface area (Å²) in [6.07, 6.45) is 2.62. The zero-order chi connectivity index (χ0) is 12.4. The summed E-state index contributed by atoms with van der Waals surface area (Å²) >= 11 is 0. The molecule has 1 aromatic heterocycles. The Kier molecular flexibility index (Phi) is 3.14. The van der Waals surface area contributed by atoms with Crippen molar-refractivity contribution < 1.29 is 0 Å². The second-order valence-electron chi connectivity index (χ2n) is 4.60. The summed E-state index contributed by atoms with van der Waals surface area (Å²) in [5, 5.41) is 0. The highest BCUT2D eigenvalue weighted by molar-refractivity contribution is 5.48. The Bertz CT molecular complexity index is 524. The number of benzene rings is 1. The molecule has 0 radical (unpaired) electrons. The zero-order valence-corrected chi connectivity index (χ0v) is 10.6. The third-order valence-electron chi connectivity index (χ3n) is 3.20. The summed E-state index contributed by atoms with van der Waals surface area (Å²) in [5.74, 6) is 0.644. The fraction of sp³-hybridized carbons (Fsp3) is 0.267. The van der Waals surface area contributed by atoms with Crippen molar-refractivity contribution in [1.29, 1.82) is 0 Å². The Hall–Kier alpha value is -1.83. The number of nitrogens with zero attached hydrogens (tertiary/aromatic N) is 1. The predicted molar refractivity (Wildman–Crippen MR) is 72.1 cm³/mol. The number of hydrogen-bond acceptors (Lipinski definition) is 2. The second kappa shape index (κ2) is 4.58. The molecule has 0 atom stereocenters. The van der Waals surface area contributed by atoms with Crippen molar-refractivity contribution in [3.05, 3.63) is 58.3 Å². The molecule has 0 amide bonds. The Morgan fingerprint density at radius 3 is 2.53 bits per heavy atom. The number of hydrogen-bond donors (Lipinski definition) is 1. The summed E-state index contributed by atoms with van der Waals surface area (Å²) in [6, 6.07) is 8.53. The highest BCUT2D eigenvalue weighted by atomic mass is 14.8. The Balaban J connectivity index is 2.41. The number of aromatic nitrogens is 1. The highest BCUT2D eigenvalue weighted by Crippen LogP contribution is 2.21. The molecule has 2 aromatic rings. The van der Waals surface area contributed by atoms with Crippen LogP contribution in [0.1, 0.15) is 27.8 Å². The molecule has 1 aromatic carbocycles. The average molecular weight is 226 g/mol. The van der Waals surface area contributed by atoms with E-state index in [4.69, 9.17) is 5.73 Å². The number of nitrogens with two attached hydrogens (primary N) is 1. The van der Waals surface area contributed by atoms with Crippen LogP contribution in [0, 0.1) is 20.8 Å². The van der Waals surface area contributed by atoms with Crippen LogP contribution in [0.15, 0.2) is 30.5 Å². The Morgan fingerprint density at radius 2 is 1.82 bits per heavy atom. The lowest BCUT2D eigenvalue weighted by Crippen LogP contribution is -2.02. The van der Waals surface area contributed by atoms with E-state index in [2.05, 4.69) is 44.0 Å². The van der Waals surface area contributed by atoms with Crippen molar-refractivity contribution >= 4 is 5.82 Å². The van der Waals surface area contributed by atoms with Crippen LogP contribution in [-0.2, 0) is 6.42 Å². The van der Waals surface area contributed by atoms with Crippen LogP contribution in [-0.4, -0.2) is 4.98 Å². The largest absolute Gasteiger partial charge is 0.383 e. The van der Waals surface area contributed by atoms with E-state index in [1.54, 1.807) is 6.20 Å². The summed E-state index contributed by atoms with van der Waals surface area (Å²) in [6.45, 7) is 6.33. The quantitative estimate of drug-likeness (QED) is 0.854. The van der Waals surface area contributed by atoms with Gasteiger partial charge in [0.2, 0.25) is 0 Å². The van der Waals surface area contributed by atoms with Gasteiger partial charge in [-0.15, -0.1) is 0 Å². The van der Waals surface area contributed by atoms with E-state index in [-0.39, 0.29) is 0 Å². The minimum Gasteiger partial charge on any atom is -0.383 e. The smallest absolute Gasteiger partial charge is 0.127 e. The molecular weight excluding hydrogens is 208 g/mol. The minimum absolute atomic E-state index is 0.644. The highest BCUT2D eigenvalue weighted by Gasteiger charge is 2.07. The van der Waals surface area contributed by atoms with E-state index in [0.717, 1.165) is 12.0 Å². The number of pyridine rings is 1. The molecule has 2 nitrogen and oxygen atoms in total. The van der Waals surface area contributed by atoms with Gasteiger partial charge in [-0.25, -0.2) is 4.98 Å². The van der Waals surface area contributed by atoms with Crippen LogP contribution >= 0.6 is 0 Å². The van der Waals surface area contributed by atoms with Crippen LogP contribution < -0.4 is 5.73 Å². The van der Waals surface area contributed by atoms with Gasteiger partial charge in [-0.3, -0.25) is 0 Å². The Labute approximate surface area is 103 Å². The van der Waals surface area contributed by atoms with E-state index in [9.17, 15) is 0 Å². The molecule has 0 aliphatic rings. The number of aryl methyl sites for hydroxylation is 3. The van der Waals surface area contributed by atoms with Gasteiger partial charge in [-0.1, -0.05) is 23.8 Å². The van der Waals surface area contributed by atoms with Gasteiger partial charge in [-0.05, 0) is 43.5 Å². The van der Waals surface area contributed by atoms with Gasteiger partial charge in [0.15, 0.2) is 0 Å². The first-order valence-corrected chi connectivity index (χ1v) is 5.84. The first kappa shape index (κ1) is 11.6. The van der Waals surface area contributed by atoms with Crippen LogP contribution in [0.3, 0.4) is 0 Å². The minimum atomic E-state index is 0.644. The number of nitrogen functional groups attached to an aromatic ring is 1. The van der Waals surface area contributed by atoms with Gasteiger partial charge in [0.25, 0.3) is 0 Å². The molecule has 2 N–H and O–H groups in total. The van der Waals surface area contributed by atoms with Gasteiger partial charge < -0.3 is 5.73 Å². The van der Waals surface area contributed by atoms with E-state index in [0.29, 0.717) is 5.82 Å². The standard InChI is InChI=1S/C15H18N2/c1-10-4-5-11(2)13(8-10)9-14-12(3)6-7-17-15(14)16/h4-8H,9H2,1-3H3,(H2,16,17). The van der Waals surface area contributed by atoms with Crippen molar-refractivity contribution in [2.45, 2.75) is 27.2 Å². The van der Waals surface area contributed by atoms with Crippen molar-refractivity contribution in [3.8, 4) is 0 Å². The maximum absolute atomic E-state index is 5.95. The summed E-state index contributed by atoms with van der Waals surface area (Å²) < 4.78 is 0. The van der Waals surface area contributed by atoms with Crippen molar-refractivity contribution in [2.75, 3.05) is 5.73 Å². The second-order valence-corrected chi connectivity index (χ2v) is 4.60.